The van der Waals surface area contributed by atoms with Gasteiger partial charge in [0.25, 0.3) is 0 Å². The van der Waals surface area contributed by atoms with E-state index in [0.717, 1.165) is 29.3 Å². The van der Waals surface area contributed by atoms with Crippen LogP contribution in [0.3, 0.4) is 0 Å². The summed E-state index contributed by atoms with van der Waals surface area (Å²) in [5.74, 6) is 0.197. The van der Waals surface area contributed by atoms with Gasteiger partial charge in [0.15, 0.2) is 0 Å². The second-order valence-corrected chi connectivity index (χ2v) is 7.66. The maximum atomic E-state index is 12.1. The second-order valence-electron chi connectivity index (χ2n) is 7.22. The summed E-state index contributed by atoms with van der Waals surface area (Å²) in [6.45, 7) is 5.55. The van der Waals surface area contributed by atoms with E-state index in [4.69, 9.17) is 16.4 Å². The van der Waals surface area contributed by atoms with Gasteiger partial charge in [-0.05, 0) is 44.7 Å². The average Bonchev–Trinajstić information content (AvgIpc) is 3.16. The Bertz CT molecular complexity index is 846. The number of hydrogen-bond acceptors (Lipinski definition) is 4. The molecule has 8 heteroatoms. The number of piperidine rings is 1. The number of halogens is 1. The Morgan fingerprint density at radius 2 is 2.19 bits per heavy atom. The highest BCUT2D eigenvalue weighted by Gasteiger charge is 2.50. The van der Waals surface area contributed by atoms with Crippen molar-refractivity contribution in [3.8, 4) is 0 Å². The predicted octanol–water partition coefficient (Wildman–Crippen LogP) is 2.83. The fraction of sp³-hybridized carbons (Fsp3) is 0.556. The maximum absolute atomic E-state index is 12.1. The van der Waals surface area contributed by atoms with Gasteiger partial charge in [-0.2, -0.15) is 5.10 Å². The van der Waals surface area contributed by atoms with Crippen molar-refractivity contribution in [1.82, 2.24) is 20.2 Å². The molecule has 0 saturated carbocycles. The van der Waals surface area contributed by atoms with E-state index < -0.39 is 11.6 Å². The fourth-order valence-corrected chi connectivity index (χ4v) is 4.66. The van der Waals surface area contributed by atoms with Crippen LogP contribution in [0.15, 0.2) is 18.3 Å². The number of nitrogens with zero attached hydrogens (tertiary/aromatic N) is 3. The third-order valence-electron chi connectivity index (χ3n) is 5.87. The molecule has 4 rings (SSSR count). The molecule has 140 valence electrons. The van der Waals surface area contributed by atoms with E-state index >= 15 is 0 Å². The summed E-state index contributed by atoms with van der Waals surface area (Å²) in [6.07, 6.45) is 2.72. The third-order valence-corrected chi connectivity index (χ3v) is 6.09. The van der Waals surface area contributed by atoms with Crippen molar-refractivity contribution >= 4 is 28.5 Å². The van der Waals surface area contributed by atoms with Crippen molar-refractivity contribution in [1.29, 1.82) is 0 Å². The zero-order chi connectivity index (χ0) is 18.5. The lowest BCUT2D eigenvalue weighted by molar-refractivity contribution is -0.0150. The molecule has 26 heavy (non-hydrogen) atoms. The fourth-order valence-electron chi connectivity index (χ4n) is 4.43. The lowest BCUT2D eigenvalue weighted by Gasteiger charge is -2.42. The van der Waals surface area contributed by atoms with E-state index in [2.05, 4.69) is 17.5 Å². The molecule has 2 aliphatic heterocycles. The molecule has 1 aromatic heterocycles. The number of likely N-dealkylation sites (tertiary alicyclic amines) is 1. The Morgan fingerprint density at radius 3 is 2.88 bits per heavy atom. The Hall–Kier alpha value is -1.83. The van der Waals surface area contributed by atoms with Crippen molar-refractivity contribution in [2.24, 2.45) is 5.92 Å². The SMILES string of the molecule is CCONC(=O)N1CCC(C2(C)[C@H](O)c3cc(Cl)cc4cnn2c34)CC1. The monoisotopic (exact) mass is 378 g/mol. The summed E-state index contributed by atoms with van der Waals surface area (Å²) < 4.78 is 1.96. The number of aliphatic hydroxyl groups is 1. The number of hydrogen-bond donors (Lipinski definition) is 2. The zero-order valence-corrected chi connectivity index (χ0v) is 15.7. The molecule has 0 aliphatic carbocycles. The Labute approximate surface area is 156 Å². The van der Waals surface area contributed by atoms with Gasteiger partial charge in [-0.3, -0.25) is 9.52 Å². The lowest BCUT2D eigenvalue weighted by atomic mass is 9.75. The highest BCUT2D eigenvalue weighted by atomic mass is 35.5. The molecule has 2 atom stereocenters. The van der Waals surface area contributed by atoms with Gasteiger partial charge in [-0.1, -0.05) is 11.6 Å². The van der Waals surface area contributed by atoms with Gasteiger partial charge in [0.05, 0.1) is 23.9 Å². The molecule has 1 unspecified atom stereocenters. The van der Waals surface area contributed by atoms with E-state index in [1.807, 2.05) is 23.7 Å². The first-order chi connectivity index (χ1) is 12.5. The number of urea groups is 1. The minimum absolute atomic E-state index is 0.197. The number of rotatable bonds is 3. The van der Waals surface area contributed by atoms with Crippen LogP contribution < -0.4 is 5.48 Å². The number of nitrogens with one attached hydrogen (secondary N) is 1. The molecule has 1 saturated heterocycles. The highest BCUT2D eigenvalue weighted by Crippen LogP contribution is 2.51. The highest BCUT2D eigenvalue weighted by molar-refractivity contribution is 6.31. The minimum Gasteiger partial charge on any atom is -0.386 e. The van der Waals surface area contributed by atoms with Crippen molar-refractivity contribution in [2.75, 3.05) is 19.7 Å². The van der Waals surface area contributed by atoms with Gasteiger partial charge >= 0.3 is 6.03 Å². The molecule has 0 bridgehead atoms. The summed E-state index contributed by atoms with van der Waals surface area (Å²) in [5, 5.41) is 17.2. The summed E-state index contributed by atoms with van der Waals surface area (Å²) in [4.78, 5) is 18.8. The van der Waals surface area contributed by atoms with E-state index in [-0.39, 0.29) is 11.9 Å². The number of carbonyl (C=O) groups is 1. The van der Waals surface area contributed by atoms with E-state index in [1.54, 1.807) is 11.1 Å². The lowest BCUT2D eigenvalue weighted by Crippen LogP contribution is -2.50. The minimum atomic E-state index is -0.666. The van der Waals surface area contributed by atoms with Gasteiger partial charge in [-0.25, -0.2) is 10.3 Å². The molecule has 1 fully saturated rings. The Balaban J connectivity index is 1.56. The van der Waals surface area contributed by atoms with Crippen LogP contribution in [0.4, 0.5) is 4.79 Å². The van der Waals surface area contributed by atoms with Crippen molar-refractivity contribution in [3.63, 3.8) is 0 Å². The van der Waals surface area contributed by atoms with Crippen LogP contribution >= 0.6 is 11.6 Å². The quantitative estimate of drug-likeness (QED) is 0.805. The van der Waals surface area contributed by atoms with Gasteiger partial charge < -0.3 is 10.0 Å². The van der Waals surface area contributed by atoms with Crippen LogP contribution in [-0.4, -0.2) is 45.5 Å². The summed E-state index contributed by atoms with van der Waals surface area (Å²) in [5.41, 5.74) is 3.69. The van der Waals surface area contributed by atoms with E-state index in [1.165, 1.54) is 0 Å². The average molecular weight is 379 g/mol. The number of hydroxylamine groups is 1. The largest absolute Gasteiger partial charge is 0.386 e. The van der Waals surface area contributed by atoms with Crippen molar-refractivity contribution < 1.29 is 14.7 Å². The maximum Gasteiger partial charge on any atom is 0.341 e. The first kappa shape index (κ1) is 17.6. The van der Waals surface area contributed by atoms with Crippen LogP contribution in [0.25, 0.3) is 10.9 Å². The van der Waals surface area contributed by atoms with Gasteiger partial charge in [0.1, 0.15) is 6.10 Å². The molecule has 2 amide bonds. The third kappa shape index (κ3) is 2.49. The van der Waals surface area contributed by atoms with Crippen LogP contribution in [0.1, 0.15) is 38.4 Å². The van der Waals surface area contributed by atoms with Crippen LogP contribution in [0.5, 0.6) is 0 Å². The molecular formula is C18H23ClN4O3. The molecule has 0 spiro atoms. The molecule has 2 N–H and O–H groups in total. The number of amides is 2. The van der Waals surface area contributed by atoms with E-state index in [9.17, 15) is 9.90 Å². The normalized spacial score (nSPS) is 25.8. The first-order valence-corrected chi connectivity index (χ1v) is 9.37. The van der Waals surface area contributed by atoms with Crippen LogP contribution in [0.2, 0.25) is 5.02 Å². The molecule has 2 aliphatic rings. The van der Waals surface area contributed by atoms with Crippen molar-refractivity contribution in [3.05, 3.63) is 28.9 Å². The van der Waals surface area contributed by atoms with E-state index in [0.29, 0.717) is 24.7 Å². The standard InChI is InChI=1S/C18H23ClN4O3/c1-3-26-21-17(25)22-6-4-12(5-7-22)18(2)16(24)14-9-13(19)8-11-10-20-23(18)15(11)14/h8-10,12,16,24H,3-7H2,1-2H3,(H,21,25)/t16-,18?/m1/s1. The smallest absolute Gasteiger partial charge is 0.341 e. The molecule has 1 aromatic carbocycles. The van der Waals surface area contributed by atoms with Crippen LogP contribution in [-0.2, 0) is 10.4 Å². The Kier molecular flexibility index (Phi) is 4.33. The number of aromatic nitrogens is 2. The summed E-state index contributed by atoms with van der Waals surface area (Å²) in [6, 6.07) is 3.50. The number of benzene rings is 1. The second kappa shape index (κ2) is 6.40. The van der Waals surface area contributed by atoms with Gasteiger partial charge in [0.2, 0.25) is 0 Å². The van der Waals surface area contributed by atoms with Gasteiger partial charge in [0, 0.05) is 29.1 Å². The van der Waals surface area contributed by atoms with Crippen molar-refractivity contribution in [2.45, 2.75) is 38.3 Å². The van der Waals surface area contributed by atoms with Crippen LogP contribution in [0, 0.1) is 5.92 Å². The Morgan fingerprint density at radius 1 is 1.46 bits per heavy atom. The molecule has 2 aromatic rings. The molecule has 0 radical (unpaired) electrons. The summed E-state index contributed by atoms with van der Waals surface area (Å²) in [7, 11) is 0. The number of carbonyl (C=O) groups excluding carboxylic acids is 1. The molecular weight excluding hydrogens is 356 g/mol. The topological polar surface area (TPSA) is 79.6 Å². The predicted molar refractivity (Wildman–Crippen MR) is 97.8 cm³/mol. The van der Waals surface area contributed by atoms with Gasteiger partial charge in [-0.15, -0.1) is 0 Å². The first-order valence-electron chi connectivity index (χ1n) is 8.99. The number of aliphatic hydroxyl groups excluding tert-OH is 1. The zero-order valence-electron chi connectivity index (χ0n) is 14.9. The molecule has 7 nitrogen and oxygen atoms in total. The summed E-state index contributed by atoms with van der Waals surface area (Å²) >= 11 is 6.21. The molecule has 3 heterocycles.